The van der Waals surface area contributed by atoms with Crippen LogP contribution in [0.4, 0.5) is 0 Å². The molecule has 0 aliphatic rings. The SMILES string of the molecule is CCc1nccn1-c1ccc(C(N)CC)cc1. The summed E-state index contributed by atoms with van der Waals surface area (Å²) in [6, 6.07) is 8.54. The van der Waals surface area contributed by atoms with Crippen LogP contribution in [0.3, 0.4) is 0 Å². The number of aromatic nitrogens is 2. The fourth-order valence-electron chi connectivity index (χ4n) is 1.95. The summed E-state index contributed by atoms with van der Waals surface area (Å²) < 4.78 is 2.11. The third kappa shape index (κ3) is 2.39. The number of benzene rings is 1. The van der Waals surface area contributed by atoms with Gasteiger partial charge in [0.2, 0.25) is 0 Å². The van der Waals surface area contributed by atoms with Crippen molar-refractivity contribution in [3.05, 3.63) is 48.0 Å². The van der Waals surface area contributed by atoms with E-state index in [4.69, 9.17) is 5.73 Å². The topological polar surface area (TPSA) is 43.8 Å². The summed E-state index contributed by atoms with van der Waals surface area (Å²) >= 11 is 0. The average molecular weight is 229 g/mol. The van der Waals surface area contributed by atoms with Crippen LogP contribution >= 0.6 is 0 Å². The molecule has 3 nitrogen and oxygen atoms in total. The van der Waals surface area contributed by atoms with Gasteiger partial charge >= 0.3 is 0 Å². The van der Waals surface area contributed by atoms with E-state index in [1.165, 1.54) is 5.56 Å². The molecule has 1 atom stereocenters. The third-order valence-electron chi connectivity index (χ3n) is 3.07. The Morgan fingerprint density at radius 1 is 1.24 bits per heavy atom. The highest BCUT2D eigenvalue weighted by molar-refractivity contribution is 5.36. The molecule has 17 heavy (non-hydrogen) atoms. The van der Waals surface area contributed by atoms with Crippen LogP contribution in [-0.4, -0.2) is 9.55 Å². The van der Waals surface area contributed by atoms with Crippen LogP contribution in [0.25, 0.3) is 5.69 Å². The van der Waals surface area contributed by atoms with Gasteiger partial charge in [0, 0.05) is 30.5 Å². The molecule has 2 N–H and O–H groups in total. The molecule has 0 spiro atoms. The number of nitrogens with two attached hydrogens (primary N) is 1. The number of aryl methyl sites for hydroxylation is 1. The van der Waals surface area contributed by atoms with Crippen molar-refractivity contribution in [2.45, 2.75) is 32.7 Å². The first-order chi connectivity index (χ1) is 8.26. The number of nitrogens with zero attached hydrogens (tertiary/aromatic N) is 2. The Morgan fingerprint density at radius 2 is 1.94 bits per heavy atom. The number of hydrogen-bond acceptors (Lipinski definition) is 2. The van der Waals surface area contributed by atoms with Crippen LogP contribution in [0.1, 0.15) is 37.7 Å². The molecule has 0 saturated heterocycles. The molecule has 0 saturated carbocycles. The lowest BCUT2D eigenvalue weighted by Gasteiger charge is -2.11. The first kappa shape index (κ1) is 11.9. The second-order valence-corrected chi connectivity index (χ2v) is 4.17. The van der Waals surface area contributed by atoms with Crippen molar-refractivity contribution in [3.8, 4) is 5.69 Å². The van der Waals surface area contributed by atoms with Gasteiger partial charge in [-0.05, 0) is 24.1 Å². The van der Waals surface area contributed by atoms with Gasteiger partial charge in [-0.3, -0.25) is 0 Å². The summed E-state index contributed by atoms with van der Waals surface area (Å²) in [5, 5.41) is 0. The van der Waals surface area contributed by atoms with Gasteiger partial charge in [0.05, 0.1) is 0 Å². The van der Waals surface area contributed by atoms with E-state index in [2.05, 4.69) is 47.7 Å². The van der Waals surface area contributed by atoms with E-state index in [0.717, 1.165) is 24.4 Å². The van der Waals surface area contributed by atoms with Gasteiger partial charge in [-0.1, -0.05) is 26.0 Å². The van der Waals surface area contributed by atoms with E-state index in [-0.39, 0.29) is 6.04 Å². The Balaban J connectivity index is 2.29. The van der Waals surface area contributed by atoms with Crippen molar-refractivity contribution in [3.63, 3.8) is 0 Å². The summed E-state index contributed by atoms with van der Waals surface area (Å²) in [6.45, 7) is 4.21. The maximum absolute atomic E-state index is 6.00. The van der Waals surface area contributed by atoms with Crippen molar-refractivity contribution >= 4 is 0 Å². The molecule has 1 aromatic carbocycles. The van der Waals surface area contributed by atoms with E-state index in [1.807, 2.05) is 12.4 Å². The molecule has 1 heterocycles. The van der Waals surface area contributed by atoms with E-state index in [9.17, 15) is 0 Å². The van der Waals surface area contributed by atoms with E-state index >= 15 is 0 Å². The minimum atomic E-state index is 0.137. The highest BCUT2D eigenvalue weighted by atomic mass is 15.1. The lowest BCUT2D eigenvalue weighted by molar-refractivity contribution is 0.698. The highest BCUT2D eigenvalue weighted by Gasteiger charge is 2.05. The van der Waals surface area contributed by atoms with Crippen LogP contribution in [0.15, 0.2) is 36.7 Å². The molecule has 0 fully saturated rings. The Bertz CT molecular complexity index is 470. The molecule has 3 heteroatoms. The van der Waals surface area contributed by atoms with Crippen molar-refractivity contribution in [1.82, 2.24) is 9.55 Å². The van der Waals surface area contributed by atoms with Gasteiger partial charge in [-0.2, -0.15) is 0 Å². The van der Waals surface area contributed by atoms with Crippen LogP contribution in [-0.2, 0) is 6.42 Å². The Kier molecular flexibility index (Phi) is 3.59. The summed E-state index contributed by atoms with van der Waals surface area (Å²) in [4.78, 5) is 4.32. The molecule has 0 amide bonds. The summed E-state index contributed by atoms with van der Waals surface area (Å²) in [7, 11) is 0. The smallest absolute Gasteiger partial charge is 0.112 e. The monoisotopic (exact) mass is 229 g/mol. The number of hydrogen-bond donors (Lipinski definition) is 1. The zero-order valence-electron chi connectivity index (χ0n) is 10.4. The Morgan fingerprint density at radius 3 is 2.53 bits per heavy atom. The second kappa shape index (κ2) is 5.15. The minimum absolute atomic E-state index is 0.137. The molecule has 2 aromatic rings. The van der Waals surface area contributed by atoms with Gasteiger partial charge in [0.15, 0.2) is 0 Å². The number of rotatable bonds is 4. The fourth-order valence-corrected chi connectivity index (χ4v) is 1.95. The standard InChI is InChI=1S/C14H19N3/c1-3-13(15)11-5-7-12(8-6-11)17-10-9-16-14(17)4-2/h5-10,13H,3-4,15H2,1-2H3. The molecule has 0 aliphatic carbocycles. The lowest BCUT2D eigenvalue weighted by atomic mass is 10.1. The largest absolute Gasteiger partial charge is 0.324 e. The quantitative estimate of drug-likeness (QED) is 0.876. The van der Waals surface area contributed by atoms with Gasteiger partial charge < -0.3 is 10.3 Å². The molecule has 0 aliphatic heterocycles. The molecule has 90 valence electrons. The Hall–Kier alpha value is -1.61. The zero-order chi connectivity index (χ0) is 12.3. The summed E-state index contributed by atoms with van der Waals surface area (Å²) in [6.07, 6.45) is 5.73. The van der Waals surface area contributed by atoms with Crippen LogP contribution in [0.5, 0.6) is 0 Å². The first-order valence-corrected chi connectivity index (χ1v) is 6.14. The van der Waals surface area contributed by atoms with Gasteiger partial charge in [-0.25, -0.2) is 4.98 Å². The summed E-state index contributed by atoms with van der Waals surface area (Å²) in [5.74, 6) is 1.08. The van der Waals surface area contributed by atoms with E-state index in [1.54, 1.807) is 0 Å². The fraction of sp³-hybridized carbons (Fsp3) is 0.357. The minimum Gasteiger partial charge on any atom is -0.324 e. The molecule has 1 aromatic heterocycles. The van der Waals surface area contributed by atoms with Gasteiger partial charge in [0.1, 0.15) is 5.82 Å². The molecule has 0 radical (unpaired) electrons. The first-order valence-electron chi connectivity index (χ1n) is 6.14. The zero-order valence-corrected chi connectivity index (χ0v) is 10.4. The summed E-state index contributed by atoms with van der Waals surface area (Å²) in [5.41, 5.74) is 8.33. The van der Waals surface area contributed by atoms with E-state index < -0.39 is 0 Å². The highest BCUT2D eigenvalue weighted by Crippen LogP contribution is 2.17. The predicted molar refractivity (Wildman–Crippen MR) is 70.2 cm³/mol. The molecule has 1 unspecified atom stereocenters. The molecular formula is C14H19N3. The third-order valence-corrected chi connectivity index (χ3v) is 3.07. The van der Waals surface area contributed by atoms with Crippen molar-refractivity contribution < 1.29 is 0 Å². The van der Waals surface area contributed by atoms with E-state index in [0.29, 0.717) is 0 Å². The van der Waals surface area contributed by atoms with Crippen LogP contribution in [0.2, 0.25) is 0 Å². The number of imidazole rings is 1. The van der Waals surface area contributed by atoms with Crippen LogP contribution < -0.4 is 5.73 Å². The Labute approximate surface area is 102 Å². The van der Waals surface area contributed by atoms with Gasteiger partial charge in [-0.15, -0.1) is 0 Å². The average Bonchev–Trinajstić information content (AvgIpc) is 2.86. The normalized spacial score (nSPS) is 12.6. The molecule has 2 rings (SSSR count). The maximum atomic E-state index is 6.00. The van der Waals surface area contributed by atoms with Crippen LogP contribution in [0, 0.1) is 0 Å². The van der Waals surface area contributed by atoms with Crippen molar-refractivity contribution in [2.24, 2.45) is 5.73 Å². The second-order valence-electron chi connectivity index (χ2n) is 4.17. The maximum Gasteiger partial charge on any atom is 0.112 e. The molecular weight excluding hydrogens is 210 g/mol. The van der Waals surface area contributed by atoms with Crippen molar-refractivity contribution in [1.29, 1.82) is 0 Å². The van der Waals surface area contributed by atoms with Crippen molar-refractivity contribution in [2.75, 3.05) is 0 Å². The predicted octanol–water partition coefficient (Wildman–Crippen LogP) is 2.84. The lowest BCUT2D eigenvalue weighted by Crippen LogP contribution is -2.08. The van der Waals surface area contributed by atoms with Gasteiger partial charge in [0.25, 0.3) is 0 Å². The molecule has 0 bridgehead atoms.